The third-order valence-electron chi connectivity index (χ3n) is 2.41. The predicted octanol–water partition coefficient (Wildman–Crippen LogP) is 3.09. The molecule has 0 aliphatic carbocycles. The van der Waals surface area contributed by atoms with Crippen LogP contribution in [0.4, 0.5) is 4.39 Å². The predicted molar refractivity (Wildman–Crippen MR) is 68.8 cm³/mol. The van der Waals surface area contributed by atoms with Crippen molar-refractivity contribution in [3.8, 4) is 5.75 Å². The summed E-state index contributed by atoms with van der Waals surface area (Å²) in [7, 11) is 0. The van der Waals surface area contributed by atoms with E-state index in [1.807, 2.05) is 0 Å². The molecule has 1 atom stereocenters. The Labute approximate surface area is 103 Å². The molecule has 0 saturated heterocycles. The largest absolute Gasteiger partial charge is 0.490 e. The molecule has 1 unspecified atom stereocenters. The molecule has 0 amide bonds. The minimum Gasteiger partial charge on any atom is -0.490 e. The molecule has 1 aromatic carbocycles. The van der Waals surface area contributed by atoms with Crippen LogP contribution in [0.3, 0.4) is 0 Å². The highest BCUT2D eigenvalue weighted by Gasteiger charge is 2.06. The van der Waals surface area contributed by atoms with E-state index in [1.165, 1.54) is 6.07 Å². The molecule has 96 valence electrons. The van der Waals surface area contributed by atoms with E-state index < -0.39 is 0 Å². The van der Waals surface area contributed by atoms with Gasteiger partial charge < -0.3 is 10.1 Å². The first kappa shape index (κ1) is 14.0. The van der Waals surface area contributed by atoms with Gasteiger partial charge >= 0.3 is 0 Å². The Kier molecular flexibility index (Phi) is 5.98. The number of rotatable bonds is 7. The monoisotopic (exact) mass is 239 g/mol. The van der Waals surface area contributed by atoms with E-state index in [4.69, 9.17) is 4.74 Å². The lowest BCUT2D eigenvalue weighted by atomic mass is 10.2. The van der Waals surface area contributed by atoms with E-state index in [0.717, 1.165) is 13.1 Å². The minimum atomic E-state index is -0.296. The lowest BCUT2D eigenvalue weighted by Crippen LogP contribution is -2.28. The number of ether oxygens (including phenoxy) is 1. The van der Waals surface area contributed by atoms with Gasteiger partial charge in [0.05, 0.1) is 6.61 Å². The quantitative estimate of drug-likeness (QED) is 0.789. The van der Waals surface area contributed by atoms with Crippen LogP contribution >= 0.6 is 0 Å². The molecule has 1 aromatic rings. The fraction of sp³-hybridized carbons (Fsp3) is 0.571. The zero-order chi connectivity index (χ0) is 12.7. The van der Waals surface area contributed by atoms with Crippen LogP contribution < -0.4 is 10.1 Å². The summed E-state index contributed by atoms with van der Waals surface area (Å²) in [6.07, 6.45) is 0. The summed E-state index contributed by atoms with van der Waals surface area (Å²) in [6.45, 7) is 8.87. The maximum absolute atomic E-state index is 13.3. The van der Waals surface area contributed by atoms with Crippen molar-refractivity contribution < 1.29 is 9.13 Å². The molecule has 0 saturated carbocycles. The number of hydrogen-bond acceptors (Lipinski definition) is 2. The average Bonchev–Trinajstić information content (AvgIpc) is 2.27. The first-order valence-electron chi connectivity index (χ1n) is 6.17. The number of halogens is 1. The van der Waals surface area contributed by atoms with Crippen molar-refractivity contribution in [2.75, 3.05) is 19.7 Å². The molecule has 0 heterocycles. The Balaban J connectivity index is 2.24. The molecule has 0 aromatic heterocycles. The Morgan fingerprint density at radius 2 is 1.88 bits per heavy atom. The minimum absolute atomic E-state index is 0.296. The Bertz CT molecular complexity index is 328. The standard InChI is InChI=1S/C14H22FNO/c1-11(2)8-16-9-12(3)10-17-14-7-5-4-6-13(14)15/h4-7,11-12,16H,8-10H2,1-3H3. The molecule has 0 aliphatic heterocycles. The molecule has 0 radical (unpaired) electrons. The molecular formula is C14H22FNO. The lowest BCUT2D eigenvalue weighted by molar-refractivity contribution is 0.244. The van der Waals surface area contributed by atoms with Crippen molar-refractivity contribution >= 4 is 0 Å². The van der Waals surface area contributed by atoms with Crippen LogP contribution in [0.1, 0.15) is 20.8 Å². The number of benzene rings is 1. The molecule has 2 nitrogen and oxygen atoms in total. The Morgan fingerprint density at radius 3 is 2.53 bits per heavy atom. The van der Waals surface area contributed by atoms with Gasteiger partial charge in [-0.1, -0.05) is 32.9 Å². The summed E-state index contributed by atoms with van der Waals surface area (Å²) in [5, 5.41) is 3.36. The molecule has 1 rings (SSSR count). The first-order chi connectivity index (χ1) is 8.09. The van der Waals surface area contributed by atoms with Crippen molar-refractivity contribution in [2.24, 2.45) is 11.8 Å². The smallest absolute Gasteiger partial charge is 0.165 e. The maximum atomic E-state index is 13.3. The van der Waals surface area contributed by atoms with Gasteiger partial charge in [0.25, 0.3) is 0 Å². The zero-order valence-corrected chi connectivity index (χ0v) is 10.9. The van der Waals surface area contributed by atoms with E-state index in [9.17, 15) is 4.39 Å². The van der Waals surface area contributed by atoms with Gasteiger partial charge in [-0.05, 0) is 24.6 Å². The van der Waals surface area contributed by atoms with Crippen LogP contribution in [0.25, 0.3) is 0 Å². The van der Waals surface area contributed by atoms with E-state index in [2.05, 4.69) is 26.1 Å². The Morgan fingerprint density at radius 1 is 1.18 bits per heavy atom. The summed E-state index contributed by atoms with van der Waals surface area (Å²) in [5.74, 6) is 1.06. The molecule has 0 aliphatic rings. The van der Waals surface area contributed by atoms with Gasteiger partial charge in [-0.15, -0.1) is 0 Å². The van der Waals surface area contributed by atoms with Crippen LogP contribution in [-0.4, -0.2) is 19.7 Å². The van der Waals surface area contributed by atoms with Crippen LogP contribution in [-0.2, 0) is 0 Å². The third-order valence-corrected chi connectivity index (χ3v) is 2.41. The van der Waals surface area contributed by atoms with Gasteiger partial charge in [0.1, 0.15) is 0 Å². The first-order valence-corrected chi connectivity index (χ1v) is 6.17. The summed E-state index contributed by atoms with van der Waals surface area (Å²) in [5.41, 5.74) is 0. The second-order valence-electron chi connectivity index (χ2n) is 4.90. The van der Waals surface area contributed by atoms with Crippen molar-refractivity contribution in [1.82, 2.24) is 5.32 Å². The second-order valence-corrected chi connectivity index (χ2v) is 4.90. The fourth-order valence-corrected chi connectivity index (χ4v) is 1.47. The lowest BCUT2D eigenvalue weighted by Gasteiger charge is -2.15. The van der Waals surface area contributed by atoms with Gasteiger partial charge in [-0.3, -0.25) is 0 Å². The van der Waals surface area contributed by atoms with Crippen molar-refractivity contribution in [2.45, 2.75) is 20.8 Å². The SMILES string of the molecule is CC(C)CNCC(C)COc1ccccc1F. The van der Waals surface area contributed by atoms with Gasteiger partial charge in [-0.2, -0.15) is 0 Å². The molecule has 3 heteroatoms. The van der Waals surface area contributed by atoms with E-state index >= 15 is 0 Å². The highest BCUT2D eigenvalue weighted by Crippen LogP contribution is 2.16. The van der Waals surface area contributed by atoms with Gasteiger partial charge in [0.2, 0.25) is 0 Å². The summed E-state index contributed by atoms with van der Waals surface area (Å²) in [6, 6.07) is 6.51. The Hall–Kier alpha value is -1.09. The maximum Gasteiger partial charge on any atom is 0.165 e. The number of nitrogens with one attached hydrogen (secondary N) is 1. The molecule has 0 spiro atoms. The molecule has 0 fully saturated rings. The van der Waals surface area contributed by atoms with E-state index in [0.29, 0.717) is 24.2 Å². The molecule has 17 heavy (non-hydrogen) atoms. The molecule has 0 bridgehead atoms. The van der Waals surface area contributed by atoms with Crippen molar-refractivity contribution in [3.05, 3.63) is 30.1 Å². The number of para-hydroxylation sites is 1. The van der Waals surface area contributed by atoms with Crippen molar-refractivity contribution in [1.29, 1.82) is 0 Å². The van der Waals surface area contributed by atoms with Crippen LogP contribution in [0.5, 0.6) is 5.75 Å². The highest BCUT2D eigenvalue weighted by atomic mass is 19.1. The van der Waals surface area contributed by atoms with Gasteiger partial charge in [0.15, 0.2) is 11.6 Å². The summed E-state index contributed by atoms with van der Waals surface area (Å²) < 4.78 is 18.7. The van der Waals surface area contributed by atoms with Crippen LogP contribution in [0, 0.1) is 17.7 Å². The van der Waals surface area contributed by atoms with E-state index in [1.54, 1.807) is 18.2 Å². The topological polar surface area (TPSA) is 21.3 Å². The highest BCUT2D eigenvalue weighted by molar-refractivity contribution is 5.23. The molecular weight excluding hydrogens is 217 g/mol. The number of hydrogen-bond donors (Lipinski definition) is 1. The second kappa shape index (κ2) is 7.28. The zero-order valence-electron chi connectivity index (χ0n) is 10.9. The fourth-order valence-electron chi connectivity index (χ4n) is 1.47. The van der Waals surface area contributed by atoms with Crippen molar-refractivity contribution in [3.63, 3.8) is 0 Å². The summed E-state index contributed by atoms with van der Waals surface area (Å²) >= 11 is 0. The average molecular weight is 239 g/mol. The molecule has 1 N–H and O–H groups in total. The van der Waals surface area contributed by atoms with Gasteiger partial charge in [0, 0.05) is 12.5 Å². The van der Waals surface area contributed by atoms with Crippen LogP contribution in [0.15, 0.2) is 24.3 Å². The van der Waals surface area contributed by atoms with E-state index in [-0.39, 0.29) is 5.82 Å². The third kappa shape index (κ3) is 5.68. The summed E-state index contributed by atoms with van der Waals surface area (Å²) in [4.78, 5) is 0. The van der Waals surface area contributed by atoms with Gasteiger partial charge in [-0.25, -0.2) is 4.39 Å². The normalized spacial score (nSPS) is 12.8. The van der Waals surface area contributed by atoms with Crippen LogP contribution in [0.2, 0.25) is 0 Å².